The average Bonchev–Trinajstić information content (AvgIpc) is 3.38. The first kappa shape index (κ1) is 19.5. The number of benzene rings is 1. The van der Waals surface area contributed by atoms with Gasteiger partial charge in [-0.15, -0.1) is 5.10 Å². The summed E-state index contributed by atoms with van der Waals surface area (Å²) in [4.78, 5) is 11.5. The topological polar surface area (TPSA) is 72.4 Å². The number of hydrogen-bond acceptors (Lipinski definition) is 3. The smallest absolute Gasteiger partial charge is 0.307 e. The van der Waals surface area contributed by atoms with Gasteiger partial charge in [0.2, 0.25) is 0 Å². The number of carboxylic acid groups (broad SMARTS) is 1. The van der Waals surface area contributed by atoms with Crippen LogP contribution in [0.3, 0.4) is 0 Å². The molecule has 6 nitrogen and oxygen atoms in total. The van der Waals surface area contributed by atoms with Gasteiger partial charge >= 0.3 is 5.97 Å². The van der Waals surface area contributed by atoms with Crippen LogP contribution in [0.15, 0.2) is 54.7 Å². The van der Waals surface area contributed by atoms with Gasteiger partial charge in [-0.05, 0) is 41.7 Å². The zero-order chi connectivity index (χ0) is 21.5. The first-order valence-corrected chi connectivity index (χ1v) is 10.5. The van der Waals surface area contributed by atoms with Gasteiger partial charge < -0.3 is 5.11 Å². The van der Waals surface area contributed by atoms with Crippen LogP contribution in [0, 0.1) is 5.95 Å². The molecule has 0 spiro atoms. The zero-order valence-electron chi connectivity index (χ0n) is 17.2. The second-order valence-electron chi connectivity index (χ2n) is 8.18. The summed E-state index contributed by atoms with van der Waals surface area (Å²) in [6.45, 7) is 2.14. The maximum atomic E-state index is 14.8. The molecule has 1 aliphatic rings. The molecule has 5 rings (SSSR count). The quantitative estimate of drug-likeness (QED) is 0.494. The molecule has 3 heterocycles. The Kier molecular flexibility index (Phi) is 4.81. The first-order valence-electron chi connectivity index (χ1n) is 10.5. The lowest BCUT2D eigenvalue weighted by molar-refractivity contribution is -0.136. The first-order chi connectivity index (χ1) is 15.0. The van der Waals surface area contributed by atoms with Gasteiger partial charge in [0.15, 0.2) is 5.95 Å². The minimum absolute atomic E-state index is 0.0338. The predicted molar refractivity (Wildman–Crippen MR) is 114 cm³/mol. The van der Waals surface area contributed by atoms with Crippen molar-refractivity contribution in [2.75, 3.05) is 0 Å². The number of hydrogen-bond donors (Lipinski definition) is 1. The van der Waals surface area contributed by atoms with E-state index < -0.39 is 5.97 Å². The average molecular weight is 418 g/mol. The number of aliphatic carboxylic acids is 1. The summed E-state index contributed by atoms with van der Waals surface area (Å²) >= 11 is 0. The Balaban J connectivity index is 1.55. The van der Waals surface area contributed by atoms with Gasteiger partial charge in [-0.1, -0.05) is 48.5 Å². The van der Waals surface area contributed by atoms with E-state index in [9.17, 15) is 14.3 Å². The summed E-state index contributed by atoms with van der Waals surface area (Å²) < 4.78 is 18.4. The SMILES string of the molecule is CC(c1ccccc1)c1cnnn1C1CCc2c(CC(=O)O)c3cccc(F)n3c2C1. The number of aromatic nitrogens is 4. The number of halogens is 1. The third kappa shape index (κ3) is 3.30. The van der Waals surface area contributed by atoms with Crippen molar-refractivity contribution in [3.8, 4) is 0 Å². The number of pyridine rings is 1. The van der Waals surface area contributed by atoms with Crippen LogP contribution in [-0.2, 0) is 24.1 Å². The van der Waals surface area contributed by atoms with Crippen molar-refractivity contribution in [1.82, 2.24) is 19.4 Å². The van der Waals surface area contributed by atoms with Crippen molar-refractivity contribution >= 4 is 11.5 Å². The van der Waals surface area contributed by atoms with Crippen LogP contribution in [0.25, 0.3) is 5.52 Å². The van der Waals surface area contributed by atoms with Crippen LogP contribution in [-0.4, -0.2) is 30.5 Å². The second-order valence-corrected chi connectivity index (χ2v) is 8.18. The molecular formula is C24H23FN4O2. The maximum Gasteiger partial charge on any atom is 0.307 e. The van der Waals surface area contributed by atoms with Crippen molar-refractivity contribution in [3.63, 3.8) is 0 Å². The Morgan fingerprint density at radius 3 is 2.81 bits per heavy atom. The highest BCUT2D eigenvalue weighted by atomic mass is 19.1. The number of carbonyl (C=O) groups is 1. The number of rotatable bonds is 5. The van der Waals surface area contributed by atoms with E-state index in [-0.39, 0.29) is 24.3 Å². The molecule has 158 valence electrons. The van der Waals surface area contributed by atoms with E-state index in [4.69, 9.17) is 0 Å². The number of nitrogens with zero attached hydrogens (tertiary/aromatic N) is 4. The molecule has 31 heavy (non-hydrogen) atoms. The molecule has 2 atom stereocenters. The summed E-state index contributed by atoms with van der Waals surface area (Å²) in [5, 5.41) is 18.0. The van der Waals surface area contributed by atoms with Crippen LogP contribution < -0.4 is 0 Å². The summed E-state index contributed by atoms with van der Waals surface area (Å²) in [6, 6.07) is 15.1. The molecule has 2 unspecified atom stereocenters. The molecule has 3 aromatic heterocycles. The normalized spacial score (nSPS) is 16.9. The zero-order valence-corrected chi connectivity index (χ0v) is 17.2. The van der Waals surface area contributed by atoms with Crippen molar-refractivity contribution in [3.05, 3.63) is 88.8 Å². The van der Waals surface area contributed by atoms with Crippen LogP contribution in [0.2, 0.25) is 0 Å². The highest BCUT2D eigenvalue weighted by molar-refractivity contribution is 5.77. The highest BCUT2D eigenvalue weighted by Gasteiger charge is 2.30. The van der Waals surface area contributed by atoms with Gasteiger partial charge in [0.1, 0.15) is 0 Å². The minimum atomic E-state index is -0.906. The van der Waals surface area contributed by atoms with Gasteiger partial charge in [-0.2, -0.15) is 4.39 Å². The molecule has 4 aromatic rings. The second kappa shape index (κ2) is 7.65. The van der Waals surface area contributed by atoms with Crippen LogP contribution in [0.5, 0.6) is 0 Å². The van der Waals surface area contributed by atoms with E-state index in [0.29, 0.717) is 18.4 Å². The van der Waals surface area contributed by atoms with E-state index in [1.54, 1.807) is 22.7 Å². The van der Waals surface area contributed by atoms with Crippen LogP contribution in [0.4, 0.5) is 4.39 Å². The van der Waals surface area contributed by atoms with Crippen molar-refractivity contribution in [2.45, 2.75) is 44.6 Å². The molecule has 0 aliphatic heterocycles. The van der Waals surface area contributed by atoms with E-state index >= 15 is 0 Å². The maximum absolute atomic E-state index is 14.8. The van der Waals surface area contributed by atoms with E-state index in [1.807, 2.05) is 22.9 Å². The molecule has 7 heteroatoms. The number of carboxylic acids is 1. The van der Waals surface area contributed by atoms with E-state index in [1.165, 1.54) is 11.6 Å². The lowest BCUT2D eigenvalue weighted by Gasteiger charge is -2.26. The Morgan fingerprint density at radius 1 is 1.23 bits per heavy atom. The third-order valence-corrected chi connectivity index (χ3v) is 6.41. The Labute approximate surface area is 178 Å². The van der Waals surface area contributed by atoms with Gasteiger partial charge in [0.25, 0.3) is 0 Å². The number of fused-ring (bicyclic) bond motifs is 3. The molecule has 1 aromatic carbocycles. The summed E-state index contributed by atoms with van der Waals surface area (Å²) in [6.07, 6.45) is 3.76. The van der Waals surface area contributed by atoms with Crippen LogP contribution in [0.1, 0.15) is 53.4 Å². The van der Waals surface area contributed by atoms with Gasteiger partial charge in [-0.3, -0.25) is 9.20 Å². The fourth-order valence-corrected chi connectivity index (χ4v) is 4.92. The lowest BCUT2D eigenvalue weighted by atomic mass is 9.89. The van der Waals surface area contributed by atoms with Gasteiger partial charge in [-0.25, -0.2) is 4.68 Å². The fourth-order valence-electron chi connectivity index (χ4n) is 4.92. The predicted octanol–water partition coefficient (Wildman–Crippen LogP) is 4.18. The molecule has 1 aliphatic carbocycles. The molecule has 0 radical (unpaired) electrons. The standard InChI is InChI=1S/C24H23FN4O2/c1-15(16-6-3-2-4-7-16)22-14-26-27-29(22)17-10-11-18-19(13-24(30)31)20-8-5-9-23(25)28(20)21(18)12-17/h2-9,14-15,17H,10-13H2,1H3,(H,30,31). The highest BCUT2D eigenvalue weighted by Crippen LogP contribution is 2.37. The van der Waals surface area contributed by atoms with Crippen LogP contribution >= 0.6 is 0 Å². The molecule has 0 amide bonds. The molecule has 0 saturated heterocycles. The fraction of sp³-hybridized carbons (Fsp3) is 0.292. The molecular weight excluding hydrogens is 395 g/mol. The molecule has 1 N–H and O–H groups in total. The molecule has 0 saturated carbocycles. The third-order valence-electron chi connectivity index (χ3n) is 6.41. The van der Waals surface area contributed by atoms with Gasteiger partial charge in [0, 0.05) is 18.0 Å². The van der Waals surface area contributed by atoms with E-state index in [2.05, 4.69) is 29.4 Å². The van der Waals surface area contributed by atoms with Crippen molar-refractivity contribution in [1.29, 1.82) is 0 Å². The monoisotopic (exact) mass is 418 g/mol. The van der Waals surface area contributed by atoms with Gasteiger partial charge in [0.05, 0.1) is 29.9 Å². The lowest BCUT2D eigenvalue weighted by Crippen LogP contribution is -2.23. The Hall–Kier alpha value is -3.48. The summed E-state index contributed by atoms with van der Waals surface area (Å²) in [5.41, 5.74) is 5.37. The Bertz CT molecular complexity index is 1260. The Morgan fingerprint density at radius 2 is 2.03 bits per heavy atom. The van der Waals surface area contributed by atoms with Crippen molar-refractivity contribution < 1.29 is 14.3 Å². The van der Waals surface area contributed by atoms with Crippen molar-refractivity contribution in [2.24, 2.45) is 0 Å². The molecule has 0 fully saturated rings. The summed E-state index contributed by atoms with van der Waals surface area (Å²) in [5.74, 6) is -1.15. The van der Waals surface area contributed by atoms with E-state index in [0.717, 1.165) is 28.9 Å². The molecule has 0 bridgehead atoms. The minimum Gasteiger partial charge on any atom is -0.481 e. The summed E-state index contributed by atoms with van der Waals surface area (Å²) in [7, 11) is 0. The largest absolute Gasteiger partial charge is 0.481 e.